The molecule has 1 aromatic rings. The van der Waals surface area contributed by atoms with Gasteiger partial charge in [-0.2, -0.15) is 0 Å². The highest BCUT2D eigenvalue weighted by Gasteiger charge is 2.34. The zero-order valence-corrected chi connectivity index (χ0v) is 8.03. The number of amides is 1. The normalized spacial score (nSPS) is 24.4. The van der Waals surface area contributed by atoms with Crippen molar-refractivity contribution in [3.8, 4) is 0 Å². The first-order valence-corrected chi connectivity index (χ1v) is 4.69. The average Bonchev–Trinajstić information content (AvgIpc) is 2.81. The summed E-state index contributed by atoms with van der Waals surface area (Å²) in [7, 11) is 0. The minimum atomic E-state index is -0.133. The van der Waals surface area contributed by atoms with Crippen LogP contribution in [0.3, 0.4) is 0 Å². The van der Waals surface area contributed by atoms with E-state index in [0.29, 0.717) is 23.3 Å². The molecule has 2 atom stereocenters. The maximum absolute atomic E-state index is 11.6. The molecule has 1 aromatic heterocycles. The molecule has 3 N–H and O–H groups in total. The second-order valence-electron chi connectivity index (χ2n) is 3.77. The molecular formula is C10H13N3O. The Bertz CT molecular complexity index is 364. The van der Waals surface area contributed by atoms with E-state index >= 15 is 0 Å². The monoisotopic (exact) mass is 191 g/mol. The van der Waals surface area contributed by atoms with Gasteiger partial charge < -0.3 is 11.1 Å². The second-order valence-corrected chi connectivity index (χ2v) is 3.77. The van der Waals surface area contributed by atoms with Crippen LogP contribution >= 0.6 is 0 Å². The van der Waals surface area contributed by atoms with Crippen molar-refractivity contribution in [1.29, 1.82) is 0 Å². The molecule has 1 aliphatic rings. The van der Waals surface area contributed by atoms with Crippen molar-refractivity contribution < 1.29 is 4.79 Å². The second kappa shape index (κ2) is 3.29. The third-order valence-electron chi connectivity index (χ3n) is 2.44. The Kier molecular flexibility index (Phi) is 2.11. The fourth-order valence-corrected chi connectivity index (χ4v) is 1.34. The minimum Gasteiger partial charge on any atom is -0.399 e. The van der Waals surface area contributed by atoms with E-state index in [1.54, 1.807) is 18.3 Å². The van der Waals surface area contributed by atoms with Crippen LogP contribution < -0.4 is 11.1 Å². The number of nitrogen functional groups attached to an aromatic ring is 1. The van der Waals surface area contributed by atoms with Crippen molar-refractivity contribution in [3.63, 3.8) is 0 Å². The molecule has 0 aliphatic heterocycles. The SMILES string of the molecule is CC1CC1NC(=O)c1cc(N)ccn1. The quantitative estimate of drug-likeness (QED) is 0.726. The van der Waals surface area contributed by atoms with Gasteiger partial charge in [-0.15, -0.1) is 0 Å². The van der Waals surface area contributed by atoms with E-state index in [0.717, 1.165) is 6.42 Å². The van der Waals surface area contributed by atoms with E-state index in [1.165, 1.54) is 0 Å². The first-order chi connectivity index (χ1) is 6.66. The Morgan fingerprint density at radius 2 is 2.43 bits per heavy atom. The summed E-state index contributed by atoms with van der Waals surface area (Å²) in [6.07, 6.45) is 2.61. The zero-order chi connectivity index (χ0) is 10.1. The Morgan fingerprint density at radius 1 is 1.71 bits per heavy atom. The van der Waals surface area contributed by atoms with Gasteiger partial charge in [-0.1, -0.05) is 6.92 Å². The van der Waals surface area contributed by atoms with Gasteiger partial charge in [-0.05, 0) is 24.5 Å². The van der Waals surface area contributed by atoms with Crippen molar-refractivity contribution in [2.45, 2.75) is 19.4 Å². The van der Waals surface area contributed by atoms with Gasteiger partial charge in [0.15, 0.2) is 0 Å². The lowest BCUT2D eigenvalue weighted by Crippen LogP contribution is -2.27. The lowest BCUT2D eigenvalue weighted by Gasteiger charge is -2.03. The van der Waals surface area contributed by atoms with E-state index in [-0.39, 0.29) is 5.91 Å². The van der Waals surface area contributed by atoms with Crippen LogP contribution in [0.5, 0.6) is 0 Å². The minimum absolute atomic E-state index is 0.133. The average molecular weight is 191 g/mol. The van der Waals surface area contributed by atoms with Crippen LogP contribution in [-0.4, -0.2) is 16.9 Å². The molecular weight excluding hydrogens is 178 g/mol. The van der Waals surface area contributed by atoms with Crippen molar-refractivity contribution >= 4 is 11.6 Å². The summed E-state index contributed by atoms with van der Waals surface area (Å²) in [4.78, 5) is 15.5. The molecule has 0 bridgehead atoms. The van der Waals surface area contributed by atoms with Crippen molar-refractivity contribution in [2.24, 2.45) is 5.92 Å². The van der Waals surface area contributed by atoms with Gasteiger partial charge >= 0.3 is 0 Å². The highest BCUT2D eigenvalue weighted by Crippen LogP contribution is 2.29. The molecule has 1 saturated carbocycles. The summed E-state index contributed by atoms with van der Waals surface area (Å²) in [6, 6.07) is 3.57. The topological polar surface area (TPSA) is 68.0 Å². The number of carbonyl (C=O) groups excluding carboxylic acids is 1. The van der Waals surface area contributed by atoms with Crippen LogP contribution in [-0.2, 0) is 0 Å². The molecule has 1 aliphatic carbocycles. The Hall–Kier alpha value is -1.58. The third-order valence-corrected chi connectivity index (χ3v) is 2.44. The van der Waals surface area contributed by atoms with Gasteiger partial charge in [-0.3, -0.25) is 9.78 Å². The number of rotatable bonds is 2. The van der Waals surface area contributed by atoms with Crippen LogP contribution in [0.2, 0.25) is 0 Å². The van der Waals surface area contributed by atoms with Gasteiger partial charge in [0.2, 0.25) is 0 Å². The molecule has 14 heavy (non-hydrogen) atoms. The first-order valence-electron chi connectivity index (χ1n) is 4.69. The smallest absolute Gasteiger partial charge is 0.270 e. The molecule has 1 fully saturated rings. The lowest BCUT2D eigenvalue weighted by atomic mass is 10.3. The summed E-state index contributed by atoms with van der Waals surface area (Å²) in [5.41, 5.74) is 6.51. The molecule has 0 radical (unpaired) electrons. The van der Waals surface area contributed by atoms with Crippen LogP contribution in [0.25, 0.3) is 0 Å². The van der Waals surface area contributed by atoms with Crippen LogP contribution in [0.4, 0.5) is 5.69 Å². The van der Waals surface area contributed by atoms with E-state index in [9.17, 15) is 4.79 Å². The van der Waals surface area contributed by atoms with E-state index < -0.39 is 0 Å². The van der Waals surface area contributed by atoms with Gasteiger partial charge in [0.25, 0.3) is 5.91 Å². The molecule has 1 amide bonds. The van der Waals surface area contributed by atoms with E-state index in [1.807, 2.05) is 0 Å². The van der Waals surface area contributed by atoms with Crippen molar-refractivity contribution in [3.05, 3.63) is 24.0 Å². The molecule has 0 saturated heterocycles. The Balaban J connectivity index is 2.03. The fraction of sp³-hybridized carbons (Fsp3) is 0.400. The number of pyridine rings is 1. The zero-order valence-electron chi connectivity index (χ0n) is 8.03. The van der Waals surface area contributed by atoms with E-state index in [2.05, 4.69) is 17.2 Å². The molecule has 0 spiro atoms. The number of nitrogens with zero attached hydrogens (tertiary/aromatic N) is 1. The maximum atomic E-state index is 11.6. The summed E-state index contributed by atoms with van der Waals surface area (Å²) >= 11 is 0. The molecule has 0 aromatic carbocycles. The molecule has 4 heteroatoms. The van der Waals surface area contributed by atoms with Crippen molar-refractivity contribution in [2.75, 3.05) is 5.73 Å². The fourth-order valence-electron chi connectivity index (χ4n) is 1.34. The highest BCUT2D eigenvalue weighted by atomic mass is 16.2. The standard InChI is InChI=1S/C10H13N3O/c1-6-4-8(6)13-10(14)9-5-7(11)2-3-12-9/h2-3,5-6,8H,4H2,1H3,(H2,11,12)(H,13,14). The Labute approximate surface area is 82.5 Å². The van der Waals surface area contributed by atoms with Gasteiger partial charge in [0, 0.05) is 17.9 Å². The Morgan fingerprint density at radius 3 is 3.00 bits per heavy atom. The molecule has 2 rings (SSSR count). The summed E-state index contributed by atoms with van der Waals surface area (Å²) in [5.74, 6) is 0.464. The maximum Gasteiger partial charge on any atom is 0.270 e. The number of hydrogen-bond donors (Lipinski definition) is 2. The predicted octanol–water partition coefficient (Wildman–Crippen LogP) is 0.802. The van der Waals surface area contributed by atoms with Gasteiger partial charge in [-0.25, -0.2) is 0 Å². The van der Waals surface area contributed by atoms with Crippen LogP contribution in [0.15, 0.2) is 18.3 Å². The van der Waals surface area contributed by atoms with E-state index in [4.69, 9.17) is 5.73 Å². The molecule has 4 nitrogen and oxygen atoms in total. The third kappa shape index (κ3) is 1.84. The summed E-state index contributed by atoms with van der Waals surface area (Å²) in [6.45, 7) is 2.11. The molecule has 2 unspecified atom stereocenters. The van der Waals surface area contributed by atoms with Crippen LogP contribution in [0, 0.1) is 5.92 Å². The van der Waals surface area contributed by atoms with Crippen molar-refractivity contribution in [1.82, 2.24) is 10.3 Å². The highest BCUT2D eigenvalue weighted by molar-refractivity contribution is 5.93. The number of anilines is 1. The number of nitrogens with two attached hydrogens (primary N) is 1. The lowest BCUT2D eigenvalue weighted by molar-refractivity contribution is 0.0944. The van der Waals surface area contributed by atoms with Gasteiger partial charge in [0.05, 0.1) is 0 Å². The number of nitrogens with one attached hydrogen (secondary N) is 1. The summed E-state index contributed by atoms with van der Waals surface area (Å²) < 4.78 is 0. The molecule has 74 valence electrons. The van der Waals surface area contributed by atoms with Crippen LogP contribution in [0.1, 0.15) is 23.8 Å². The predicted molar refractivity (Wildman–Crippen MR) is 53.7 cm³/mol. The number of hydrogen-bond acceptors (Lipinski definition) is 3. The number of carbonyl (C=O) groups is 1. The first kappa shape index (κ1) is 8.99. The van der Waals surface area contributed by atoms with Gasteiger partial charge in [0.1, 0.15) is 5.69 Å². The number of aromatic nitrogens is 1. The molecule has 1 heterocycles. The largest absolute Gasteiger partial charge is 0.399 e. The summed E-state index contributed by atoms with van der Waals surface area (Å²) in [5, 5.41) is 2.89.